The average Bonchev–Trinajstić information content (AvgIpc) is 2.41. The molecule has 2 aliphatic heterocycles. The number of hydrogen-bond acceptors (Lipinski definition) is 3. The minimum absolute atomic E-state index is 0.0839. The van der Waals surface area contributed by atoms with E-state index in [1.54, 1.807) is 4.90 Å². The van der Waals surface area contributed by atoms with E-state index in [1.165, 1.54) is 0 Å². The predicted octanol–water partition coefficient (Wildman–Crippen LogP) is 0.585. The monoisotopic (exact) mass is 267 g/mol. The van der Waals surface area contributed by atoms with E-state index in [2.05, 4.69) is 0 Å². The van der Waals surface area contributed by atoms with E-state index in [-0.39, 0.29) is 24.4 Å². The van der Waals surface area contributed by atoms with Crippen molar-refractivity contribution < 1.29 is 9.59 Å². The fourth-order valence-electron chi connectivity index (χ4n) is 2.96. The molecule has 5 heteroatoms. The van der Waals surface area contributed by atoms with Gasteiger partial charge in [-0.05, 0) is 38.5 Å². The molecule has 2 rings (SSSR count). The summed E-state index contributed by atoms with van der Waals surface area (Å²) < 4.78 is 0. The number of piperidine rings is 2. The highest BCUT2D eigenvalue weighted by atomic mass is 16.2. The average molecular weight is 267 g/mol. The van der Waals surface area contributed by atoms with Crippen molar-refractivity contribution in [1.82, 2.24) is 9.80 Å². The number of nitrogens with two attached hydrogens (primary N) is 1. The summed E-state index contributed by atoms with van der Waals surface area (Å²) in [4.78, 5) is 27.6. The number of nitrogens with zero attached hydrogens (tertiary/aromatic N) is 2. The van der Waals surface area contributed by atoms with Gasteiger partial charge in [0.25, 0.3) is 0 Å². The van der Waals surface area contributed by atoms with Gasteiger partial charge in [0.15, 0.2) is 0 Å². The lowest BCUT2D eigenvalue weighted by atomic mass is 9.92. The first-order valence-corrected chi connectivity index (χ1v) is 7.39. The third kappa shape index (κ3) is 3.69. The number of rotatable bonds is 3. The Balaban J connectivity index is 1.86. The number of likely N-dealkylation sites (tertiary alicyclic amines) is 2. The minimum atomic E-state index is 0.0839. The number of carbonyl (C=O) groups is 2. The molecule has 0 aromatic heterocycles. The van der Waals surface area contributed by atoms with Crippen molar-refractivity contribution in [1.29, 1.82) is 0 Å². The molecular weight excluding hydrogens is 242 g/mol. The lowest BCUT2D eigenvalue weighted by molar-refractivity contribution is -0.142. The Morgan fingerprint density at radius 2 is 2.16 bits per heavy atom. The highest BCUT2D eigenvalue weighted by molar-refractivity contribution is 5.85. The maximum atomic E-state index is 12.3. The van der Waals surface area contributed by atoms with Crippen molar-refractivity contribution in [2.75, 3.05) is 26.2 Å². The fourth-order valence-corrected chi connectivity index (χ4v) is 2.96. The highest BCUT2D eigenvalue weighted by Gasteiger charge is 2.28. The van der Waals surface area contributed by atoms with E-state index in [4.69, 9.17) is 5.73 Å². The number of carbonyl (C=O) groups excluding carboxylic acids is 2. The van der Waals surface area contributed by atoms with Crippen LogP contribution in [0, 0.1) is 5.92 Å². The van der Waals surface area contributed by atoms with Crippen molar-refractivity contribution in [3.05, 3.63) is 0 Å². The SMILES string of the molecule is C[C@@H](N)[C@H]1CCCN(C(=O)CN2CCCCC2=O)C1. The van der Waals surface area contributed by atoms with Crippen LogP contribution in [0.15, 0.2) is 0 Å². The highest BCUT2D eigenvalue weighted by Crippen LogP contribution is 2.19. The smallest absolute Gasteiger partial charge is 0.242 e. The van der Waals surface area contributed by atoms with E-state index in [9.17, 15) is 9.59 Å². The lowest BCUT2D eigenvalue weighted by Gasteiger charge is -2.36. The maximum Gasteiger partial charge on any atom is 0.242 e. The van der Waals surface area contributed by atoms with Crippen LogP contribution in [-0.2, 0) is 9.59 Å². The summed E-state index contributed by atoms with van der Waals surface area (Å²) >= 11 is 0. The van der Waals surface area contributed by atoms with Crippen molar-refractivity contribution in [2.45, 2.75) is 45.1 Å². The van der Waals surface area contributed by atoms with E-state index in [1.807, 2.05) is 11.8 Å². The predicted molar refractivity (Wildman–Crippen MR) is 73.4 cm³/mol. The Hall–Kier alpha value is -1.10. The first-order chi connectivity index (χ1) is 9.08. The number of hydrogen-bond donors (Lipinski definition) is 1. The Kier molecular flexibility index (Phi) is 4.80. The molecule has 19 heavy (non-hydrogen) atoms. The van der Waals surface area contributed by atoms with Gasteiger partial charge >= 0.3 is 0 Å². The lowest BCUT2D eigenvalue weighted by Crippen LogP contribution is -2.49. The third-order valence-electron chi connectivity index (χ3n) is 4.30. The molecule has 2 saturated heterocycles. The molecule has 2 heterocycles. The molecular formula is C14H25N3O2. The van der Waals surface area contributed by atoms with E-state index >= 15 is 0 Å². The molecule has 0 radical (unpaired) electrons. The number of amides is 2. The maximum absolute atomic E-state index is 12.3. The van der Waals surface area contributed by atoms with Crippen LogP contribution in [0.2, 0.25) is 0 Å². The molecule has 5 nitrogen and oxygen atoms in total. The molecule has 0 spiro atoms. The second-order valence-corrected chi connectivity index (χ2v) is 5.87. The van der Waals surface area contributed by atoms with Gasteiger partial charge in [0.2, 0.25) is 11.8 Å². The van der Waals surface area contributed by atoms with Gasteiger partial charge in [0.05, 0.1) is 6.54 Å². The molecule has 0 aromatic rings. The molecule has 2 amide bonds. The molecule has 0 saturated carbocycles. The molecule has 0 bridgehead atoms. The van der Waals surface area contributed by atoms with Crippen LogP contribution in [0.3, 0.4) is 0 Å². The van der Waals surface area contributed by atoms with E-state index in [0.29, 0.717) is 12.3 Å². The van der Waals surface area contributed by atoms with Gasteiger partial charge in [-0.1, -0.05) is 0 Å². The topological polar surface area (TPSA) is 66.6 Å². The Bertz CT molecular complexity index is 344. The Morgan fingerprint density at radius 1 is 1.37 bits per heavy atom. The zero-order valence-corrected chi connectivity index (χ0v) is 11.8. The fraction of sp³-hybridized carbons (Fsp3) is 0.857. The summed E-state index contributed by atoms with van der Waals surface area (Å²) in [7, 11) is 0. The quantitative estimate of drug-likeness (QED) is 0.813. The zero-order valence-electron chi connectivity index (χ0n) is 11.8. The minimum Gasteiger partial charge on any atom is -0.341 e. The first-order valence-electron chi connectivity index (χ1n) is 7.39. The van der Waals surface area contributed by atoms with Crippen LogP contribution in [0.4, 0.5) is 0 Å². The summed E-state index contributed by atoms with van der Waals surface area (Å²) in [6.45, 7) is 4.55. The van der Waals surface area contributed by atoms with Crippen molar-refractivity contribution >= 4 is 11.8 Å². The van der Waals surface area contributed by atoms with Gasteiger partial charge in [0, 0.05) is 32.1 Å². The van der Waals surface area contributed by atoms with Crippen LogP contribution in [0.1, 0.15) is 39.0 Å². The van der Waals surface area contributed by atoms with Crippen LogP contribution in [0.5, 0.6) is 0 Å². The van der Waals surface area contributed by atoms with Crippen LogP contribution >= 0.6 is 0 Å². The van der Waals surface area contributed by atoms with Gasteiger partial charge in [-0.3, -0.25) is 9.59 Å². The molecule has 108 valence electrons. The summed E-state index contributed by atoms with van der Waals surface area (Å²) in [5.41, 5.74) is 5.93. The largest absolute Gasteiger partial charge is 0.341 e. The van der Waals surface area contributed by atoms with E-state index < -0.39 is 0 Å². The van der Waals surface area contributed by atoms with Crippen LogP contribution in [0.25, 0.3) is 0 Å². The molecule has 2 aliphatic rings. The molecule has 0 unspecified atom stereocenters. The molecule has 2 N–H and O–H groups in total. The van der Waals surface area contributed by atoms with Crippen LogP contribution < -0.4 is 5.73 Å². The summed E-state index contributed by atoms with van der Waals surface area (Å²) in [6, 6.07) is 0.132. The molecule has 2 atom stereocenters. The van der Waals surface area contributed by atoms with Gasteiger partial charge in [-0.2, -0.15) is 0 Å². The van der Waals surface area contributed by atoms with Gasteiger partial charge < -0.3 is 15.5 Å². The summed E-state index contributed by atoms with van der Waals surface area (Å²) in [5, 5.41) is 0. The summed E-state index contributed by atoms with van der Waals surface area (Å²) in [6.07, 6.45) is 4.69. The first kappa shape index (κ1) is 14.3. The molecule has 2 fully saturated rings. The van der Waals surface area contributed by atoms with Gasteiger partial charge in [-0.15, -0.1) is 0 Å². The second-order valence-electron chi connectivity index (χ2n) is 5.87. The van der Waals surface area contributed by atoms with Crippen molar-refractivity contribution in [2.24, 2.45) is 11.7 Å². The van der Waals surface area contributed by atoms with Crippen LogP contribution in [-0.4, -0.2) is 53.8 Å². The van der Waals surface area contributed by atoms with Gasteiger partial charge in [-0.25, -0.2) is 0 Å². The van der Waals surface area contributed by atoms with E-state index in [0.717, 1.165) is 45.3 Å². The normalized spacial score (nSPS) is 26.4. The Morgan fingerprint density at radius 3 is 2.84 bits per heavy atom. The van der Waals surface area contributed by atoms with Gasteiger partial charge in [0.1, 0.15) is 0 Å². The summed E-state index contributed by atoms with van der Waals surface area (Å²) in [5.74, 6) is 0.607. The molecule has 0 aliphatic carbocycles. The Labute approximate surface area is 115 Å². The third-order valence-corrected chi connectivity index (χ3v) is 4.30. The second kappa shape index (κ2) is 6.37. The van der Waals surface area contributed by atoms with Crippen molar-refractivity contribution in [3.63, 3.8) is 0 Å². The van der Waals surface area contributed by atoms with Crippen molar-refractivity contribution in [3.8, 4) is 0 Å². The zero-order chi connectivity index (χ0) is 13.8. The standard InChI is InChI=1S/C14H25N3O2/c1-11(15)12-5-4-8-16(9-12)14(19)10-17-7-3-2-6-13(17)18/h11-12H,2-10,15H2,1H3/t11-,12+/m1/s1. The molecule has 0 aromatic carbocycles.